The molecule has 0 aromatic heterocycles. The molecule has 0 aromatic rings. The van der Waals surface area contributed by atoms with E-state index in [2.05, 4.69) is 25.7 Å². The maximum atomic E-state index is 10.8. The van der Waals surface area contributed by atoms with Crippen molar-refractivity contribution in [1.29, 1.82) is 0 Å². The normalized spacial score (nSPS) is 8.71. The highest BCUT2D eigenvalue weighted by atomic mass is 31.1. The molecule has 1 amide bonds. The average molecular weight is 222 g/mol. The first kappa shape index (κ1) is 15.7. The number of hydrogen-bond acceptors (Lipinski definition) is 2. The second-order valence-electron chi connectivity index (χ2n) is 3.14. The number of rotatable bonds is 3. The molecule has 0 radical (unpaired) electrons. The molecule has 0 unspecified atom stereocenters. The van der Waals surface area contributed by atoms with Crippen molar-refractivity contribution in [3.8, 4) is 0 Å². The Morgan fingerprint density at radius 3 is 2.07 bits per heavy atom. The molecule has 0 heterocycles. The van der Waals surface area contributed by atoms with E-state index >= 15 is 0 Å². The highest BCUT2D eigenvalue weighted by Gasteiger charge is 2.00. The molecule has 3 N–H and O–H groups in total. The molecule has 14 heavy (non-hydrogen) atoms. The van der Waals surface area contributed by atoms with Gasteiger partial charge in [-0.05, 0) is 12.8 Å². The largest absolute Gasteiger partial charge is 0.692 e. The van der Waals surface area contributed by atoms with Crippen LogP contribution in [0.1, 0.15) is 20.8 Å². The van der Waals surface area contributed by atoms with Crippen molar-refractivity contribution >= 4 is 14.2 Å². The van der Waals surface area contributed by atoms with Gasteiger partial charge in [0.2, 0.25) is 5.91 Å². The van der Waals surface area contributed by atoms with Crippen molar-refractivity contribution in [2.75, 3.05) is 6.54 Å². The van der Waals surface area contributed by atoms with E-state index in [1.54, 1.807) is 6.92 Å². The van der Waals surface area contributed by atoms with Gasteiger partial charge in [-0.15, -0.1) is 9.79 Å². The van der Waals surface area contributed by atoms with Crippen molar-refractivity contribution < 1.29 is 19.1 Å². The van der Waals surface area contributed by atoms with Crippen LogP contribution in [0, 0.1) is 5.92 Å². The Morgan fingerprint density at radius 1 is 1.50 bits per heavy atom. The van der Waals surface area contributed by atoms with Crippen molar-refractivity contribution in [2.45, 2.75) is 20.8 Å². The van der Waals surface area contributed by atoms with Crippen molar-refractivity contribution in [1.82, 2.24) is 5.32 Å². The van der Waals surface area contributed by atoms with Crippen LogP contribution < -0.4 is 5.32 Å². The number of amides is 1. The quantitative estimate of drug-likeness (QED) is 0.490. The fourth-order valence-electron chi connectivity index (χ4n) is 0.448. The Hall–Kier alpha value is -0.770. The van der Waals surface area contributed by atoms with Gasteiger partial charge >= 0.3 is 8.25 Å². The fraction of sp³-hybridized carbons (Fsp3) is 0.625. The van der Waals surface area contributed by atoms with Crippen molar-refractivity contribution in [3.63, 3.8) is 0 Å². The summed E-state index contributed by atoms with van der Waals surface area (Å²) < 4.78 is 8.70. The first-order chi connectivity index (χ1) is 6.27. The Kier molecular flexibility index (Phi) is 9.88. The van der Waals surface area contributed by atoms with Gasteiger partial charge in [-0.1, -0.05) is 20.4 Å². The molecule has 0 rings (SSSR count). The van der Waals surface area contributed by atoms with Gasteiger partial charge in [0, 0.05) is 16.7 Å². The molecule has 0 aromatic carbocycles. The number of carbonyl (C=O) groups is 1. The summed E-state index contributed by atoms with van der Waals surface area (Å²) in [6.07, 6.45) is 0. The molecule has 0 saturated heterocycles. The summed E-state index contributed by atoms with van der Waals surface area (Å²) in [5, 5.41) is 2.74. The van der Waals surface area contributed by atoms with E-state index in [4.69, 9.17) is 14.4 Å². The van der Waals surface area contributed by atoms with Crippen molar-refractivity contribution in [2.24, 2.45) is 5.92 Å². The molecule has 0 saturated carbocycles. The van der Waals surface area contributed by atoms with Crippen LogP contribution in [0.25, 0.3) is 0 Å². The zero-order chi connectivity index (χ0) is 11.7. The molecule has 0 aliphatic carbocycles. The Morgan fingerprint density at radius 2 is 1.86 bits per heavy atom. The minimum absolute atomic E-state index is 0.0475. The van der Waals surface area contributed by atoms with Crippen LogP contribution in [0.15, 0.2) is 12.2 Å². The molecular formula is C8H17NO4P+. The molecule has 0 aliphatic heterocycles. The average Bonchev–Trinajstić information content (AvgIpc) is 1.98. The fourth-order valence-corrected chi connectivity index (χ4v) is 0.448. The van der Waals surface area contributed by atoms with Crippen LogP contribution in [0.2, 0.25) is 0 Å². The van der Waals surface area contributed by atoms with E-state index in [9.17, 15) is 4.79 Å². The number of nitrogens with one attached hydrogen (secondary N) is 1. The van der Waals surface area contributed by atoms with Crippen LogP contribution in [-0.4, -0.2) is 22.2 Å². The smallest absolute Gasteiger partial charge is 0.352 e. The van der Waals surface area contributed by atoms with Crippen LogP contribution in [0.3, 0.4) is 0 Å². The second kappa shape index (κ2) is 8.81. The van der Waals surface area contributed by atoms with Gasteiger partial charge in [-0.3, -0.25) is 4.79 Å². The molecule has 0 spiro atoms. The van der Waals surface area contributed by atoms with Gasteiger partial charge in [0.1, 0.15) is 0 Å². The molecule has 6 heteroatoms. The third kappa shape index (κ3) is 17.4. The topological polar surface area (TPSA) is 86.6 Å². The highest BCUT2D eigenvalue weighted by Crippen LogP contribution is 1.98. The summed E-state index contributed by atoms with van der Waals surface area (Å²) in [4.78, 5) is 25.1. The first-order valence-corrected chi connectivity index (χ1v) is 5.22. The lowest BCUT2D eigenvalue weighted by atomic mass is 10.2. The maximum Gasteiger partial charge on any atom is 0.692 e. The Balaban J connectivity index is 0. The van der Waals surface area contributed by atoms with Crippen molar-refractivity contribution in [3.05, 3.63) is 12.2 Å². The Bertz CT molecular complexity index is 211. The second-order valence-corrected chi connectivity index (χ2v) is 3.64. The van der Waals surface area contributed by atoms with Crippen LogP contribution in [0.5, 0.6) is 0 Å². The lowest BCUT2D eigenvalue weighted by Crippen LogP contribution is -2.27. The summed E-state index contributed by atoms with van der Waals surface area (Å²) in [5.41, 5.74) is 0.570. The molecular weight excluding hydrogens is 205 g/mol. The van der Waals surface area contributed by atoms with Crippen LogP contribution >= 0.6 is 8.25 Å². The zero-order valence-corrected chi connectivity index (χ0v) is 9.54. The monoisotopic (exact) mass is 222 g/mol. The SMILES string of the molecule is C=C(C)C(=O)NCC(C)C.O=[P+](O)O. The zero-order valence-electron chi connectivity index (χ0n) is 8.65. The molecule has 0 bridgehead atoms. The summed E-state index contributed by atoms with van der Waals surface area (Å²) >= 11 is 0. The van der Waals surface area contributed by atoms with E-state index in [0.717, 1.165) is 6.54 Å². The molecule has 5 nitrogen and oxygen atoms in total. The predicted molar refractivity (Wildman–Crippen MR) is 54.7 cm³/mol. The van der Waals surface area contributed by atoms with E-state index in [-0.39, 0.29) is 5.91 Å². The van der Waals surface area contributed by atoms with Crippen LogP contribution in [0.4, 0.5) is 0 Å². The van der Waals surface area contributed by atoms with Gasteiger partial charge in [-0.2, -0.15) is 0 Å². The summed E-state index contributed by atoms with van der Waals surface area (Å²) in [7, 11) is -2.87. The number of carbonyl (C=O) groups excluding carboxylic acids is 1. The van der Waals surface area contributed by atoms with Crippen LogP contribution in [-0.2, 0) is 9.36 Å². The van der Waals surface area contributed by atoms with Gasteiger partial charge in [-0.25, -0.2) is 0 Å². The van der Waals surface area contributed by atoms with Gasteiger partial charge in [0.15, 0.2) is 0 Å². The highest BCUT2D eigenvalue weighted by molar-refractivity contribution is 7.30. The maximum absolute atomic E-state index is 10.8. The minimum Gasteiger partial charge on any atom is -0.352 e. The predicted octanol–water partition coefficient (Wildman–Crippen LogP) is 0.963. The molecule has 82 valence electrons. The van der Waals surface area contributed by atoms with Gasteiger partial charge in [0.05, 0.1) is 0 Å². The Labute approximate surface area is 84.8 Å². The molecule has 0 fully saturated rings. The molecule has 0 aliphatic rings. The summed E-state index contributed by atoms with van der Waals surface area (Å²) in [6, 6.07) is 0. The van der Waals surface area contributed by atoms with E-state index in [1.165, 1.54) is 0 Å². The van der Waals surface area contributed by atoms with E-state index in [0.29, 0.717) is 11.5 Å². The van der Waals surface area contributed by atoms with Gasteiger partial charge < -0.3 is 5.32 Å². The lowest BCUT2D eigenvalue weighted by molar-refractivity contribution is -0.117. The standard InChI is InChI=1S/C8H15NO.HO3P/c1-6(2)5-9-8(10)7(3)4;1-4(2)3/h6H,3,5H2,1-2,4H3,(H,9,10);(H-,1,2,3)/p+1. The first-order valence-electron chi connectivity index (χ1n) is 4.06. The third-order valence-electron chi connectivity index (χ3n) is 1.06. The molecule has 0 atom stereocenters. The van der Waals surface area contributed by atoms with Gasteiger partial charge in [0.25, 0.3) is 0 Å². The van der Waals surface area contributed by atoms with E-state index in [1.807, 2.05) is 0 Å². The summed E-state index contributed by atoms with van der Waals surface area (Å²) in [5.74, 6) is 0.456. The number of hydrogen-bond donors (Lipinski definition) is 3. The minimum atomic E-state index is -2.87. The van der Waals surface area contributed by atoms with E-state index < -0.39 is 8.25 Å². The summed E-state index contributed by atoms with van der Waals surface area (Å²) in [6.45, 7) is 10.1. The third-order valence-corrected chi connectivity index (χ3v) is 1.06. The lowest BCUT2D eigenvalue weighted by Gasteiger charge is -2.05.